The van der Waals surface area contributed by atoms with Gasteiger partial charge in [-0.15, -0.1) is 0 Å². The van der Waals surface area contributed by atoms with Crippen molar-refractivity contribution in [2.75, 3.05) is 5.73 Å². The minimum Gasteiger partial charge on any atom is -0.397 e. The van der Waals surface area contributed by atoms with Crippen molar-refractivity contribution in [2.45, 2.75) is 13.5 Å². The Kier molecular flexibility index (Phi) is 3.36. The van der Waals surface area contributed by atoms with Gasteiger partial charge in [-0.1, -0.05) is 42.0 Å². The highest BCUT2D eigenvalue weighted by Crippen LogP contribution is 2.21. The Balaban J connectivity index is 1.75. The van der Waals surface area contributed by atoms with Crippen LogP contribution >= 0.6 is 0 Å². The van der Waals surface area contributed by atoms with Crippen molar-refractivity contribution in [1.82, 2.24) is 10.3 Å². The van der Waals surface area contributed by atoms with E-state index in [-0.39, 0.29) is 5.91 Å². The molecule has 0 aliphatic rings. The average Bonchev–Trinajstić information content (AvgIpc) is 2.92. The number of fused-ring (bicyclic) bond motifs is 1. The number of aromatic nitrogens is 1. The number of aryl methyl sites for hydroxylation is 1. The summed E-state index contributed by atoms with van der Waals surface area (Å²) in [5, 5.41) is 3.84. The predicted molar refractivity (Wildman–Crippen MR) is 85.1 cm³/mol. The number of rotatable bonds is 3. The van der Waals surface area contributed by atoms with Crippen LogP contribution in [0.3, 0.4) is 0 Å². The Labute approximate surface area is 123 Å². The molecule has 1 aromatic heterocycles. The van der Waals surface area contributed by atoms with E-state index >= 15 is 0 Å². The number of benzene rings is 2. The summed E-state index contributed by atoms with van der Waals surface area (Å²) in [6.45, 7) is 2.54. The van der Waals surface area contributed by atoms with E-state index in [2.05, 4.69) is 10.3 Å². The van der Waals surface area contributed by atoms with Crippen molar-refractivity contribution in [3.63, 3.8) is 0 Å². The van der Waals surface area contributed by atoms with Crippen LogP contribution in [0.15, 0.2) is 48.5 Å². The molecule has 0 fully saturated rings. The van der Waals surface area contributed by atoms with Gasteiger partial charge in [0.2, 0.25) is 0 Å². The summed E-state index contributed by atoms with van der Waals surface area (Å²) in [6, 6.07) is 15.5. The molecule has 1 amide bonds. The summed E-state index contributed by atoms with van der Waals surface area (Å²) in [5.41, 5.74) is 10.1. The van der Waals surface area contributed by atoms with E-state index in [0.29, 0.717) is 17.9 Å². The number of amides is 1. The molecule has 0 aliphatic carbocycles. The standard InChI is InChI=1S/C17H17N3O/c1-11-5-7-12(8-6-11)10-19-17(21)15-9-13-3-2-4-14(18)16(13)20-15/h2-9,20H,10,18H2,1H3,(H,19,21). The van der Waals surface area contributed by atoms with Crippen LogP contribution in [-0.2, 0) is 6.54 Å². The van der Waals surface area contributed by atoms with Gasteiger partial charge in [0.05, 0.1) is 11.2 Å². The average molecular weight is 279 g/mol. The fraction of sp³-hybridized carbons (Fsp3) is 0.118. The number of nitrogen functional groups attached to an aromatic ring is 1. The minimum atomic E-state index is -0.133. The Morgan fingerprint density at radius 2 is 1.95 bits per heavy atom. The first-order chi connectivity index (χ1) is 10.1. The maximum atomic E-state index is 12.2. The number of hydrogen-bond acceptors (Lipinski definition) is 2. The summed E-state index contributed by atoms with van der Waals surface area (Å²) >= 11 is 0. The number of para-hydroxylation sites is 1. The molecule has 3 aromatic rings. The lowest BCUT2D eigenvalue weighted by Gasteiger charge is -2.04. The number of nitrogens with two attached hydrogens (primary N) is 1. The molecule has 21 heavy (non-hydrogen) atoms. The highest BCUT2D eigenvalue weighted by Gasteiger charge is 2.10. The molecule has 0 saturated carbocycles. The van der Waals surface area contributed by atoms with Crippen molar-refractivity contribution in [2.24, 2.45) is 0 Å². The number of carbonyl (C=O) groups excluding carboxylic acids is 1. The van der Waals surface area contributed by atoms with Crippen LogP contribution in [0, 0.1) is 6.92 Å². The lowest BCUT2D eigenvalue weighted by Crippen LogP contribution is -2.23. The number of aromatic amines is 1. The molecule has 0 saturated heterocycles. The lowest BCUT2D eigenvalue weighted by molar-refractivity contribution is 0.0947. The fourth-order valence-electron chi connectivity index (χ4n) is 2.29. The Hall–Kier alpha value is -2.75. The van der Waals surface area contributed by atoms with Crippen molar-refractivity contribution in [3.05, 3.63) is 65.4 Å². The molecule has 106 valence electrons. The number of H-pyrrole nitrogens is 1. The van der Waals surface area contributed by atoms with Crippen LogP contribution < -0.4 is 11.1 Å². The van der Waals surface area contributed by atoms with E-state index in [1.54, 1.807) is 0 Å². The summed E-state index contributed by atoms with van der Waals surface area (Å²) in [4.78, 5) is 15.3. The van der Waals surface area contributed by atoms with Gasteiger partial charge in [-0.2, -0.15) is 0 Å². The van der Waals surface area contributed by atoms with Crippen molar-refractivity contribution < 1.29 is 4.79 Å². The van der Waals surface area contributed by atoms with Crippen LogP contribution in [0.5, 0.6) is 0 Å². The fourth-order valence-corrected chi connectivity index (χ4v) is 2.29. The molecule has 1 heterocycles. The maximum Gasteiger partial charge on any atom is 0.267 e. The third-order valence-corrected chi connectivity index (χ3v) is 3.51. The number of nitrogens with one attached hydrogen (secondary N) is 2. The van der Waals surface area contributed by atoms with Crippen molar-refractivity contribution >= 4 is 22.5 Å². The molecule has 0 atom stereocenters. The van der Waals surface area contributed by atoms with Gasteiger partial charge in [0.25, 0.3) is 5.91 Å². The smallest absolute Gasteiger partial charge is 0.267 e. The molecule has 4 nitrogen and oxygen atoms in total. The Morgan fingerprint density at radius 3 is 2.67 bits per heavy atom. The van der Waals surface area contributed by atoms with Crippen molar-refractivity contribution in [1.29, 1.82) is 0 Å². The number of anilines is 1. The lowest BCUT2D eigenvalue weighted by atomic mass is 10.1. The molecule has 4 N–H and O–H groups in total. The first kappa shape index (κ1) is 13.2. The molecule has 3 rings (SSSR count). The number of hydrogen-bond donors (Lipinski definition) is 3. The topological polar surface area (TPSA) is 70.9 Å². The van der Waals surface area contributed by atoms with Crippen molar-refractivity contribution in [3.8, 4) is 0 Å². The van der Waals surface area contributed by atoms with Gasteiger partial charge < -0.3 is 16.0 Å². The van der Waals surface area contributed by atoms with E-state index in [4.69, 9.17) is 5.73 Å². The number of carbonyl (C=O) groups is 1. The second kappa shape index (κ2) is 5.32. The highest BCUT2D eigenvalue weighted by molar-refractivity contribution is 6.00. The van der Waals surface area contributed by atoms with Crippen LogP contribution in [0.1, 0.15) is 21.6 Å². The van der Waals surface area contributed by atoms with Crippen LogP contribution in [0.25, 0.3) is 10.9 Å². The molecule has 4 heteroatoms. The van der Waals surface area contributed by atoms with Gasteiger partial charge in [-0.05, 0) is 24.6 Å². The third-order valence-electron chi connectivity index (χ3n) is 3.51. The van der Waals surface area contributed by atoms with Gasteiger partial charge in [-0.25, -0.2) is 0 Å². The second-order valence-electron chi connectivity index (χ2n) is 5.16. The first-order valence-corrected chi connectivity index (χ1v) is 6.84. The van der Waals surface area contributed by atoms with Gasteiger partial charge in [0, 0.05) is 11.9 Å². The molecule has 0 radical (unpaired) electrons. The van der Waals surface area contributed by atoms with Gasteiger partial charge >= 0.3 is 0 Å². The summed E-state index contributed by atoms with van der Waals surface area (Å²) in [6.07, 6.45) is 0. The zero-order valence-corrected chi connectivity index (χ0v) is 11.8. The maximum absolute atomic E-state index is 12.2. The van der Waals surface area contributed by atoms with E-state index < -0.39 is 0 Å². The Bertz CT molecular complexity index is 787. The summed E-state index contributed by atoms with van der Waals surface area (Å²) in [7, 11) is 0. The quantitative estimate of drug-likeness (QED) is 0.645. The molecule has 0 unspecified atom stereocenters. The summed E-state index contributed by atoms with van der Waals surface area (Å²) in [5.74, 6) is -0.133. The second-order valence-corrected chi connectivity index (χ2v) is 5.16. The predicted octanol–water partition coefficient (Wildman–Crippen LogP) is 2.99. The van der Waals surface area contributed by atoms with Gasteiger partial charge in [0.15, 0.2) is 0 Å². The molecular formula is C17H17N3O. The normalized spacial score (nSPS) is 10.7. The highest BCUT2D eigenvalue weighted by atomic mass is 16.1. The third kappa shape index (κ3) is 2.74. The molecule has 0 aliphatic heterocycles. The monoisotopic (exact) mass is 279 g/mol. The van der Waals surface area contributed by atoms with E-state index in [1.165, 1.54) is 5.56 Å². The zero-order chi connectivity index (χ0) is 14.8. The van der Waals surface area contributed by atoms with Crippen LogP contribution in [0.2, 0.25) is 0 Å². The first-order valence-electron chi connectivity index (χ1n) is 6.84. The molecular weight excluding hydrogens is 262 g/mol. The zero-order valence-electron chi connectivity index (χ0n) is 11.8. The SMILES string of the molecule is Cc1ccc(CNC(=O)c2cc3cccc(N)c3[nH]2)cc1. The van der Waals surface area contributed by atoms with Gasteiger partial charge in [-0.3, -0.25) is 4.79 Å². The molecule has 0 bridgehead atoms. The van der Waals surface area contributed by atoms with E-state index in [0.717, 1.165) is 16.5 Å². The summed E-state index contributed by atoms with van der Waals surface area (Å²) < 4.78 is 0. The largest absolute Gasteiger partial charge is 0.397 e. The molecule has 0 spiro atoms. The van der Waals surface area contributed by atoms with E-state index in [9.17, 15) is 4.79 Å². The van der Waals surface area contributed by atoms with Crippen LogP contribution in [-0.4, -0.2) is 10.9 Å². The Morgan fingerprint density at radius 1 is 1.19 bits per heavy atom. The van der Waals surface area contributed by atoms with E-state index in [1.807, 2.05) is 55.5 Å². The minimum absolute atomic E-state index is 0.133. The molecule has 2 aromatic carbocycles. The van der Waals surface area contributed by atoms with Crippen LogP contribution in [0.4, 0.5) is 5.69 Å². The van der Waals surface area contributed by atoms with Gasteiger partial charge in [0.1, 0.15) is 5.69 Å².